The number of hydrogen-bond acceptors (Lipinski definition) is 3. The lowest BCUT2D eigenvalue weighted by Crippen LogP contribution is -2.21. The Morgan fingerprint density at radius 2 is 2.25 bits per heavy atom. The van der Waals surface area contributed by atoms with Crippen molar-refractivity contribution in [1.82, 2.24) is 9.78 Å². The summed E-state index contributed by atoms with van der Waals surface area (Å²) >= 11 is 0. The van der Waals surface area contributed by atoms with E-state index in [1.165, 1.54) is 36.8 Å². The molecular weight excluding hydrogens is 206 g/mol. The van der Waals surface area contributed by atoms with E-state index < -0.39 is 5.97 Å². The topological polar surface area (TPSA) is 67.2 Å². The molecule has 16 heavy (non-hydrogen) atoms. The fourth-order valence-electron chi connectivity index (χ4n) is 2.15. The van der Waals surface area contributed by atoms with E-state index >= 15 is 0 Å². The molecule has 0 spiro atoms. The van der Waals surface area contributed by atoms with Gasteiger partial charge >= 0.3 is 5.97 Å². The molecule has 88 valence electrons. The number of carbonyl (C=O) groups is 1. The molecule has 1 aliphatic carbocycles. The molecule has 0 atom stereocenters. The molecular formula is C11H17N3O2. The normalized spacial score (nSPS) is 17.2. The Bertz CT molecular complexity index is 356. The van der Waals surface area contributed by atoms with Crippen molar-refractivity contribution in [1.29, 1.82) is 0 Å². The molecule has 5 heteroatoms. The molecule has 2 N–H and O–H groups in total. The lowest BCUT2D eigenvalue weighted by atomic mass is 9.95. The van der Waals surface area contributed by atoms with Crippen molar-refractivity contribution < 1.29 is 9.90 Å². The summed E-state index contributed by atoms with van der Waals surface area (Å²) in [4.78, 5) is 10.5. The molecule has 1 aromatic rings. The molecule has 0 aliphatic heterocycles. The summed E-state index contributed by atoms with van der Waals surface area (Å²) in [6.45, 7) is -0.0770. The average molecular weight is 223 g/mol. The average Bonchev–Trinajstić information content (AvgIpc) is 2.66. The number of nitrogens with zero attached hydrogens (tertiary/aromatic N) is 2. The van der Waals surface area contributed by atoms with Crippen molar-refractivity contribution in [3.8, 4) is 0 Å². The number of anilines is 1. The van der Waals surface area contributed by atoms with Crippen LogP contribution < -0.4 is 5.32 Å². The zero-order valence-corrected chi connectivity index (χ0v) is 9.22. The van der Waals surface area contributed by atoms with Crippen molar-refractivity contribution in [2.24, 2.45) is 0 Å². The van der Waals surface area contributed by atoms with Crippen LogP contribution in [0, 0.1) is 0 Å². The number of aromatic nitrogens is 2. The van der Waals surface area contributed by atoms with Crippen LogP contribution in [0.5, 0.6) is 0 Å². The number of carboxylic acid groups (broad SMARTS) is 1. The standard InChI is InChI=1S/C11H17N3O2/c15-11(16)8-14-7-10(6-12-14)13-9-4-2-1-3-5-9/h6-7,9,13H,1-5,8H2,(H,15,16). The molecule has 0 amide bonds. The maximum Gasteiger partial charge on any atom is 0.325 e. The largest absolute Gasteiger partial charge is 0.480 e. The smallest absolute Gasteiger partial charge is 0.325 e. The first-order chi connectivity index (χ1) is 7.74. The van der Waals surface area contributed by atoms with Crippen molar-refractivity contribution in [3.63, 3.8) is 0 Å². The van der Waals surface area contributed by atoms with E-state index in [0.717, 1.165) is 5.69 Å². The minimum absolute atomic E-state index is 0.0770. The molecule has 1 saturated carbocycles. The van der Waals surface area contributed by atoms with Gasteiger partial charge in [0.2, 0.25) is 0 Å². The first-order valence-corrected chi connectivity index (χ1v) is 5.75. The van der Waals surface area contributed by atoms with Crippen molar-refractivity contribution >= 4 is 11.7 Å². The van der Waals surface area contributed by atoms with E-state index in [-0.39, 0.29) is 6.54 Å². The molecule has 1 heterocycles. The van der Waals surface area contributed by atoms with Gasteiger partial charge in [0.25, 0.3) is 0 Å². The molecule has 0 bridgehead atoms. The Hall–Kier alpha value is -1.52. The van der Waals surface area contributed by atoms with Gasteiger partial charge in [-0.3, -0.25) is 9.48 Å². The fourth-order valence-corrected chi connectivity index (χ4v) is 2.15. The van der Waals surface area contributed by atoms with Gasteiger partial charge < -0.3 is 10.4 Å². The molecule has 1 aliphatic rings. The molecule has 0 saturated heterocycles. The Labute approximate surface area is 94.5 Å². The summed E-state index contributed by atoms with van der Waals surface area (Å²) in [5.74, 6) is -0.868. The molecule has 0 aromatic carbocycles. The zero-order valence-electron chi connectivity index (χ0n) is 9.22. The quantitative estimate of drug-likeness (QED) is 0.815. The van der Waals surface area contributed by atoms with Gasteiger partial charge in [0.1, 0.15) is 6.54 Å². The monoisotopic (exact) mass is 223 g/mol. The minimum Gasteiger partial charge on any atom is -0.480 e. The second-order valence-electron chi connectivity index (χ2n) is 4.30. The van der Waals surface area contributed by atoms with E-state index in [1.54, 1.807) is 12.4 Å². The summed E-state index contributed by atoms with van der Waals surface area (Å²) in [5.41, 5.74) is 0.924. The van der Waals surface area contributed by atoms with Crippen LogP contribution >= 0.6 is 0 Å². The predicted molar refractivity (Wildman–Crippen MR) is 60.4 cm³/mol. The van der Waals surface area contributed by atoms with E-state index in [4.69, 9.17) is 5.11 Å². The molecule has 1 aromatic heterocycles. The Morgan fingerprint density at radius 3 is 2.94 bits per heavy atom. The summed E-state index contributed by atoms with van der Waals surface area (Å²) in [7, 11) is 0. The number of nitrogens with one attached hydrogen (secondary N) is 1. The third-order valence-corrected chi connectivity index (χ3v) is 2.91. The van der Waals surface area contributed by atoms with Crippen LogP contribution in [0.3, 0.4) is 0 Å². The maximum atomic E-state index is 10.5. The van der Waals surface area contributed by atoms with Gasteiger partial charge in [-0.25, -0.2) is 0 Å². The van der Waals surface area contributed by atoms with Gasteiger partial charge in [-0.1, -0.05) is 19.3 Å². The van der Waals surface area contributed by atoms with Crippen molar-refractivity contribution in [2.75, 3.05) is 5.32 Å². The fraction of sp³-hybridized carbons (Fsp3) is 0.636. The first kappa shape index (κ1) is 11.0. The Balaban J connectivity index is 1.88. The molecule has 0 radical (unpaired) electrons. The van der Waals surface area contributed by atoms with Crippen LogP contribution in [0.25, 0.3) is 0 Å². The van der Waals surface area contributed by atoms with Gasteiger partial charge in [-0.2, -0.15) is 5.10 Å². The highest BCUT2D eigenvalue weighted by molar-refractivity contribution is 5.66. The van der Waals surface area contributed by atoms with Gasteiger partial charge in [-0.15, -0.1) is 0 Å². The summed E-state index contributed by atoms with van der Waals surface area (Å²) in [6.07, 6.45) is 9.73. The highest BCUT2D eigenvalue weighted by Crippen LogP contribution is 2.21. The molecule has 1 fully saturated rings. The van der Waals surface area contributed by atoms with Crippen molar-refractivity contribution in [2.45, 2.75) is 44.7 Å². The molecule has 2 rings (SSSR count). The van der Waals surface area contributed by atoms with Gasteiger partial charge in [0.15, 0.2) is 0 Å². The van der Waals surface area contributed by atoms with Gasteiger partial charge in [0, 0.05) is 12.2 Å². The maximum absolute atomic E-state index is 10.5. The van der Waals surface area contributed by atoms with Crippen LogP contribution in [0.1, 0.15) is 32.1 Å². The second kappa shape index (κ2) is 5.01. The summed E-state index contributed by atoms with van der Waals surface area (Å²) in [5, 5.41) is 16.0. The van der Waals surface area contributed by atoms with Crippen LogP contribution in [0.15, 0.2) is 12.4 Å². The third kappa shape index (κ3) is 2.98. The predicted octanol–water partition coefficient (Wildman–Crippen LogP) is 1.71. The number of aliphatic carboxylic acids is 1. The van der Waals surface area contributed by atoms with E-state index in [0.29, 0.717) is 6.04 Å². The highest BCUT2D eigenvalue weighted by atomic mass is 16.4. The number of carboxylic acids is 1. The Kier molecular flexibility index (Phi) is 3.44. The van der Waals surface area contributed by atoms with E-state index in [2.05, 4.69) is 10.4 Å². The molecule has 5 nitrogen and oxygen atoms in total. The summed E-state index contributed by atoms with van der Waals surface area (Å²) < 4.78 is 1.44. The molecule has 0 unspecified atom stereocenters. The minimum atomic E-state index is -0.868. The van der Waals surface area contributed by atoms with Crippen LogP contribution in [-0.2, 0) is 11.3 Å². The second-order valence-corrected chi connectivity index (χ2v) is 4.30. The van der Waals surface area contributed by atoms with E-state index in [1.807, 2.05) is 0 Å². The van der Waals surface area contributed by atoms with Crippen LogP contribution in [0.4, 0.5) is 5.69 Å². The zero-order chi connectivity index (χ0) is 11.4. The Morgan fingerprint density at radius 1 is 1.50 bits per heavy atom. The van der Waals surface area contributed by atoms with Gasteiger partial charge in [-0.05, 0) is 12.8 Å². The van der Waals surface area contributed by atoms with Crippen molar-refractivity contribution in [3.05, 3.63) is 12.4 Å². The highest BCUT2D eigenvalue weighted by Gasteiger charge is 2.13. The lowest BCUT2D eigenvalue weighted by molar-refractivity contribution is -0.137. The summed E-state index contributed by atoms with van der Waals surface area (Å²) in [6, 6.07) is 0.524. The SMILES string of the molecule is O=C(O)Cn1cc(NC2CCCCC2)cn1. The number of hydrogen-bond donors (Lipinski definition) is 2. The van der Waals surface area contributed by atoms with E-state index in [9.17, 15) is 4.79 Å². The van der Waals surface area contributed by atoms with Crippen LogP contribution in [0.2, 0.25) is 0 Å². The first-order valence-electron chi connectivity index (χ1n) is 5.75. The van der Waals surface area contributed by atoms with Gasteiger partial charge in [0.05, 0.1) is 11.9 Å². The third-order valence-electron chi connectivity index (χ3n) is 2.91. The number of rotatable bonds is 4. The van der Waals surface area contributed by atoms with Crippen LogP contribution in [-0.4, -0.2) is 26.9 Å². The lowest BCUT2D eigenvalue weighted by Gasteiger charge is -2.22.